The average molecular weight is 385 g/mol. The topological polar surface area (TPSA) is 93.0 Å². The summed E-state index contributed by atoms with van der Waals surface area (Å²) in [5.41, 5.74) is 2.11. The third kappa shape index (κ3) is 4.68. The van der Waals surface area contributed by atoms with E-state index in [4.69, 9.17) is 11.6 Å². The highest BCUT2D eigenvalue weighted by atomic mass is 35.5. The summed E-state index contributed by atoms with van der Waals surface area (Å²) in [6, 6.07) is 14.0. The number of carbonyl (C=O) groups excluding carboxylic acids is 2. The Labute approximate surface area is 160 Å². The normalized spacial score (nSPS) is 10.5. The number of benzene rings is 2. The lowest BCUT2D eigenvalue weighted by Crippen LogP contribution is -2.23. The fourth-order valence-electron chi connectivity index (χ4n) is 2.30. The monoisotopic (exact) mass is 384 g/mol. The van der Waals surface area contributed by atoms with Crippen LogP contribution in [0.25, 0.3) is 11.4 Å². The molecule has 0 spiro atoms. The van der Waals surface area contributed by atoms with Crippen LogP contribution in [0.5, 0.6) is 0 Å². The Morgan fingerprint density at radius 3 is 2.41 bits per heavy atom. The first-order valence-electron chi connectivity index (χ1n) is 8.10. The number of anilines is 2. The van der Waals surface area contributed by atoms with Gasteiger partial charge in [-0.3, -0.25) is 9.59 Å². The van der Waals surface area contributed by atoms with E-state index in [-0.39, 0.29) is 18.4 Å². The van der Waals surface area contributed by atoms with Crippen LogP contribution in [0.1, 0.15) is 6.92 Å². The van der Waals surface area contributed by atoms with Crippen LogP contribution in [0.2, 0.25) is 5.02 Å². The van der Waals surface area contributed by atoms with E-state index in [0.29, 0.717) is 16.5 Å². The average Bonchev–Trinajstić information content (AvgIpc) is 3.10. The van der Waals surface area contributed by atoms with Crippen molar-refractivity contribution in [3.8, 4) is 11.4 Å². The fraction of sp³-hybridized carbons (Fsp3) is 0.167. The van der Waals surface area contributed by atoms with Gasteiger partial charge >= 0.3 is 0 Å². The fourth-order valence-corrected chi connectivity index (χ4v) is 2.43. The molecule has 2 aromatic carbocycles. The van der Waals surface area contributed by atoms with Crippen molar-refractivity contribution < 1.29 is 9.59 Å². The number of amides is 2. The van der Waals surface area contributed by atoms with Crippen molar-refractivity contribution in [1.82, 2.24) is 20.2 Å². The molecule has 1 N–H and O–H groups in total. The van der Waals surface area contributed by atoms with Crippen molar-refractivity contribution in [3.05, 3.63) is 53.6 Å². The molecule has 3 aromatic rings. The molecule has 3 rings (SSSR count). The minimum atomic E-state index is -0.289. The third-order valence-electron chi connectivity index (χ3n) is 3.85. The van der Waals surface area contributed by atoms with Gasteiger partial charge in [-0.1, -0.05) is 11.6 Å². The van der Waals surface area contributed by atoms with E-state index >= 15 is 0 Å². The summed E-state index contributed by atoms with van der Waals surface area (Å²) in [6.45, 7) is 1.41. The SMILES string of the molecule is CC(=O)N(C)c1ccc(NC(=O)Cn2nnc(-c3ccc(Cl)cc3)n2)cc1. The predicted molar refractivity (Wildman–Crippen MR) is 102 cm³/mol. The minimum Gasteiger partial charge on any atom is -0.324 e. The lowest BCUT2D eigenvalue weighted by Gasteiger charge is -2.15. The highest BCUT2D eigenvalue weighted by Gasteiger charge is 2.10. The summed E-state index contributed by atoms with van der Waals surface area (Å²) in [4.78, 5) is 26.3. The Kier molecular flexibility index (Phi) is 5.46. The molecule has 9 heteroatoms. The molecule has 0 aliphatic heterocycles. The Bertz CT molecular complexity index is 953. The minimum absolute atomic E-state index is 0.0690. The van der Waals surface area contributed by atoms with Gasteiger partial charge in [0, 0.05) is 35.9 Å². The van der Waals surface area contributed by atoms with Crippen LogP contribution in [0.3, 0.4) is 0 Å². The molecule has 8 nitrogen and oxygen atoms in total. The maximum Gasteiger partial charge on any atom is 0.248 e. The van der Waals surface area contributed by atoms with Gasteiger partial charge in [-0.25, -0.2) is 0 Å². The summed E-state index contributed by atoms with van der Waals surface area (Å²) in [5.74, 6) is 0.0550. The second kappa shape index (κ2) is 7.96. The maximum atomic E-state index is 12.2. The predicted octanol–water partition coefficient (Wildman–Crippen LogP) is 2.61. The van der Waals surface area contributed by atoms with Gasteiger partial charge in [-0.15, -0.1) is 10.2 Å². The molecule has 0 unspecified atom stereocenters. The standard InChI is InChI=1S/C18H17ClN6O2/c1-12(26)24(2)16-9-7-15(8-10-16)20-17(27)11-25-22-18(21-23-25)13-3-5-14(19)6-4-13/h3-10H,11H2,1-2H3,(H,20,27). The summed E-state index contributed by atoms with van der Waals surface area (Å²) >= 11 is 5.86. The number of hydrogen-bond donors (Lipinski definition) is 1. The van der Waals surface area contributed by atoms with E-state index in [2.05, 4.69) is 20.7 Å². The smallest absolute Gasteiger partial charge is 0.248 e. The van der Waals surface area contributed by atoms with Crippen molar-refractivity contribution in [2.75, 3.05) is 17.3 Å². The Hall–Kier alpha value is -3.26. The molecule has 0 fully saturated rings. The van der Waals surface area contributed by atoms with Gasteiger partial charge in [-0.05, 0) is 53.7 Å². The molecule has 2 amide bonds. The molecule has 1 heterocycles. The third-order valence-corrected chi connectivity index (χ3v) is 4.10. The zero-order valence-corrected chi connectivity index (χ0v) is 15.5. The number of halogens is 1. The van der Waals surface area contributed by atoms with E-state index in [9.17, 15) is 9.59 Å². The number of rotatable bonds is 5. The van der Waals surface area contributed by atoms with Gasteiger partial charge in [0.05, 0.1) is 0 Å². The van der Waals surface area contributed by atoms with Gasteiger partial charge in [0.15, 0.2) is 0 Å². The molecule has 0 radical (unpaired) electrons. The molecule has 0 saturated carbocycles. The van der Waals surface area contributed by atoms with E-state index in [1.165, 1.54) is 16.6 Å². The summed E-state index contributed by atoms with van der Waals surface area (Å²) in [7, 11) is 1.69. The molecule has 0 atom stereocenters. The molecular formula is C18H17ClN6O2. The number of nitrogens with zero attached hydrogens (tertiary/aromatic N) is 5. The van der Waals surface area contributed by atoms with Crippen molar-refractivity contribution in [2.45, 2.75) is 13.5 Å². The van der Waals surface area contributed by atoms with Crippen LogP contribution < -0.4 is 10.2 Å². The number of tetrazole rings is 1. The second-order valence-electron chi connectivity index (χ2n) is 5.82. The van der Waals surface area contributed by atoms with Crippen molar-refractivity contribution >= 4 is 34.8 Å². The van der Waals surface area contributed by atoms with Gasteiger partial charge in [0.1, 0.15) is 6.54 Å². The maximum absolute atomic E-state index is 12.2. The van der Waals surface area contributed by atoms with Gasteiger partial charge < -0.3 is 10.2 Å². The van der Waals surface area contributed by atoms with Crippen molar-refractivity contribution in [3.63, 3.8) is 0 Å². The van der Waals surface area contributed by atoms with Crippen LogP contribution >= 0.6 is 11.6 Å². The summed E-state index contributed by atoms with van der Waals surface area (Å²) in [6.07, 6.45) is 0. The number of nitrogens with one attached hydrogen (secondary N) is 1. The highest BCUT2D eigenvalue weighted by Crippen LogP contribution is 2.18. The summed E-state index contributed by atoms with van der Waals surface area (Å²) in [5, 5.41) is 15.4. The molecule has 138 valence electrons. The van der Waals surface area contributed by atoms with Gasteiger partial charge in [0.25, 0.3) is 0 Å². The zero-order valence-electron chi connectivity index (χ0n) is 14.8. The zero-order chi connectivity index (χ0) is 19.4. The number of carbonyl (C=O) groups is 2. The van der Waals surface area contributed by atoms with Crippen LogP contribution in [-0.2, 0) is 16.1 Å². The van der Waals surface area contributed by atoms with E-state index in [0.717, 1.165) is 11.3 Å². The first kappa shape index (κ1) is 18.5. The van der Waals surface area contributed by atoms with Crippen LogP contribution in [0, 0.1) is 0 Å². The van der Waals surface area contributed by atoms with E-state index < -0.39 is 0 Å². The molecule has 27 heavy (non-hydrogen) atoms. The number of hydrogen-bond acceptors (Lipinski definition) is 5. The Morgan fingerprint density at radius 1 is 1.11 bits per heavy atom. The lowest BCUT2D eigenvalue weighted by molar-refractivity contribution is -0.117. The Balaban J connectivity index is 1.61. The van der Waals surface area contributed by atoms with Crippen molar-refractivity contribution in [1.29, 1.82) is 0 Å². The van der Waals surface area contributed by atoms with Crippen molar-refractivity contribution in [2.24, 2.45) is 0 Å². The van der Waals surface area contributed by atoms with Gasteiger partial charge in [0.2, 0.25) is 17.6 Å². The highest BCUT2D eigenvalue weighted by molar-refractivity contribution is 6.30. The second-order valence-corrected chi connectivity index (χ2v) is 6.26. The van der Waals surface area contributed by atoms with Gasteiger partial charge in [-0.2, -0.15) is 4.80 Å². The molecule has 0 saturated heterocycles. The first-order valence-corrected chi connectivity index (χ1v) is 8.48. The molecule has 0 aliphatic carbocycles. The van der Waals surface area contributed by atoms with E-state index in [1.807, 2.05) is 0 Å². The summed E-state index contributed by atoms with van der Waals surface area (Å²) < 4.78 is 0. The van der Waals surface area contributed by atoms with Crippen LogP contribution in [0.4, 0.5) is 11.4 Å². The van der Waals surface area contributed by atoms with Crippen LogP contribution in [-0.4, -0.2) is 39.1 Å². The molecule has 0 aliphatic rings. The lowest BCUT2D eigenvalue weighted by atomic mass is 10.2. The molecule has 1 aromatic heterocycles. The molecule has 0 bridgehead atoms. The molecular weight excluding hydrogens is 368 g/mol. The quantitative estimate of drug-likeness (QED) is 0.729. The van der Waals surface area contributed by atoms with Crippen LogP contribution in [0.15, 0.2) is 48.5 Å². The largest absolute Gasteiger partial charge is 0.324 e. The first-order chi connectivity index (χ1) is 12.9. The number of aromatic nitrogens is 4. The Morgan fingerprint density at radius 2 is 1.78 bits per heavy atom. The van der Waals surface area contributed by atoms with E-state index in [1.54, 1.807) is 55.6 Å².